The van der Waals surface area contributed by atoms with Crippen molar-refractivity contribution in [3.05, 3.63) is 41.0 Å². The van der Waals surface area contributed by atoms with E-state index in [-0.39, 0.29) is 38.6 Å². The zero-order valence-electron chi connectivity index (χ0n) is 28.9. The SMILES string of the molecule is Cc1ncsc1-c1ccc(CNC(=O)[C@@H]2C[C@@H](O)CN2C(=O)[C@@H](NC(=O)COCCN2CCN(CCOCC(=O)O)CC2)C(C)(C)C)cc1. The standard InChI is InChI=1S/C34H50N6O8S/c1-23-30(49-22-36-23)25-7-5-24(6-8-25)18-35-32(45)27-17-26(41)19-40(27)33(46)31(34(2,3)4)37-28(42)20-47-15-13-38-9-11-39(12-10-38)14-16-48-21-29(43)44/h5-8,22,26-27,31,41H,9-21H2,1-4H3,(H,35,45)(H,37,42)(H,43,44)/t26-,27+,31-/m1/s1. The molecule has 14 nitrogen and oxygen atoms in total. The molecule has 4 rings (SSSR count). The summed E-state index contributed by atoms with van der Waals surface area (Å²) in [5, 5.41) is 24.9. The molecule has 2 aromatic rings. The quantitative estimate of drug-likeness (QED) is 0.184. The number of likely N-dealkylation sites (tertiary alicyclic amines) is 1. The first kappa shape index (κ1) is 38.3. The van der Waals surface area contributed by atoms with Crippen LogP contribution >= 0.6 is 11.3 Å². The molecule has 0 bridgehead atoms. The number of aryl methyl sites for hydroxylation is 1. The molecule has 0 saturated carbocycles. The van der Waals surface area contributed by atoms with E-state index in [4.69, 9.17) is 14.6 Å². The van der Waals surface area contributed by atoms with E-state index < -0.39 is 41.4 Å². The lowest BCUT2D eigenvalue weighted by atomic mass is 9.85. The summed E-state index contributed by atoms with van der Waals surface area (Å²) in [6.45, 7) is 12.6. The van der Waals surface area contributed by atoms with E-state index in [2.05, 4.69) is 25.4 Å². The number of aromatic nitrogens is 1. The lowest BCUT2D eigenvalue weighted by molar-refractivity contribution is -0.144. The van der Waals surface area contributed by atoms with Crippen molar-refractivity contribution in [3.8, 4) is 10.4 Å². The molecule has 0 radical (unpaired) electrons. The van der Waals surface area contributed by atoms with Gasteiger partial charge in [-0.15, -0.1) is 11.3 Å². The molecule has 2 saturated heterocycles. The van der Waals surface area contributed by atoms with Crippen LogP contribution in [0.3, 0.4) is 0 Å². The van der Waals surface area contributed by atoms with Crippen LogP contribution < -0.4 is 10.6 Å². The van der Waals surface area contributed by atoms with Gasteiger partial charge in [-0.25, -0.2) is 9.78 Å². The summed E-state index contributed by atoms with van der Waals surface area (Å²) >= 11 is 1.57. The van der Waals surface area contributed by atoms with E-state index in [1.807, 2.05) is 57.5 Å². The number of hydrogen-bond acceptors (Lipinski definition) is 11. The van der Waals surface area contributed by atoms with Crippen molar-refractivity contribution in [2.75, 3.05) is 72.2 Å². The van der Waals surface area contributed by atoms with Gasteiger partial charge in [-0.2, -0.15) is 0 Å². The van der Waals surface area contributed by atoms with E-state index in [9.17, 15) is 24.3 Å². The van der Waals surface area contributed by atoms with Gasteiger partial charge in [0, 0.05) is 58.8 Å². The summed E-state index contributed by atoms with van der Waals surface area (Å²) in [6.07, 6.45) is -0.740. The van der Waals surface area contributed by atoms with Gasteiger partial charge < -0.3 is 35.2 Å². The number of carboxylic acid groups (broad SMARTS) is 1. The Bertz CT molecular complexity index is 1410. The summed E-state index contributed by atoms with van der Waals surface area (Å²) in [5.74, 6) is -2.19. The van der Waals surface area contributed by atoms with Gasteiger partial charge in [0.2, 0.25) is 17.7 Å². The lowest BCUT2D eigenvalue weighted by Crippen LogP contribution is -2.58. The van der Waals surface area contributed by atoms with Gasteiger partial charge in [0.05, 0.1) is 35.4 Å². The van der Waals surface area contributed by atoms with Gasteiger partial charge in [0.1, 0.15) is 25.3 Å². The fourth-order valence-electron chi connectivity index (χ4n) is 5.93. The summed E-state index contributed by atoms with van der Waals surface area (Å²) in [6, 6.07) is 6.08. The van der Waals surface area contributed by atoms with Crippen molar-refractivity contribution in [1.82, 2.24) is 30.3 Å². The average molecular weight is 703 g/mol. The molecule has 1 aromatic heterocycles. The van der Waals surface area contributed by atoms with E-state index in [1.165, 1.54) is 4.90 Å². The fraction of sp³-hybridized carbons (Fsp3) is 0.618. The number of piperazine rings is 1. The van der Waals surface area contributed by atoms with Crippen LogP contribution in [0.5, 0.6) is 0 Å². The Labute approximate surface area is 291 Å². The number of aliphatic hydroxyl groups excluding tert-OH is 1. The molecule has 0 aliphatic carbocycles. The van der Waals surface area contributed by atoms with Crippen LogP contribution in [-0.2, 0) is 35.2 Å². The number of benzene rings is 1. The van der Waals surface area contributed by atoms with Crippen molar-refractivity contribution in [2.24, 2.45) is 5.41 Å². The number of carbonyl (C=O) groups is 4. The number of nitrogens with zero attached hydrogens (tertiary/aromatic N) is 4. The highest BCUT2D eigenvalue weighted by Gasteiger charge is 2.44. The van der Waals surface area contributed by atoms with Crippen LogP contribution in [0.4, 0.5) is 0 Å². The highest BCUT2D eigenvalue weighted by atomic mass is 32.1. The number of thiazole rings is 1. The molecule has 3 heterocycles. The second kappa shape index (κ2) is 18.0. The number of ether oxygens (including phenoxy) is 2. The van der Waals surface area contributed by atoms with Crippen LogP contribution in [0, 0.1) is 12.3 Å². The second-order valence-electron chi connectivity index (χ2n) is 13.6. The zero-order chi connectivity index (χ0) is 35.6. The van der Waals surface area contributed by atoms with Crippen LogP contribution in [0.2, 0.25) is 0 Å². The van der Waals surface area contributed by atoms with Crippen LogP contribution in [0.1, 0.15) is 38.4 Å². The van der Waals surface area contributed by atoms with E-state index in [0.717, 1.165) is 47.9 Å². The van der Waals surface area contributed by atoms with Gasteiger partial charge in [0.25, 0.3) is 0 Å². The van der Waals surface area contributed by atoms with E-state index in [1.54, 1.807) is 11.3 Å². The number of amides is 3. The van der Waals surface area contributed by atoms with E-state index in [0.29, 0.717) is 26.3 Å². The Hall–Kier alpha value is -3.47. The van der Waals surface area contributed by atoms with Gasteiger partial charge >= 0.3 is 5.97 Å². The van der Waals surface area contributed by atoms with Crippen LogP contribution in [0.15, 0.2) is 29.8 Å². The molecule has 2 fully saturated rings. The third kappa shape index (κ3) is 11.5. The topological polar surface area (TPSA) is 174 Å². The third-order valence-corrected chi connectivity index (χ3v) is 9.72. The Morgan fingerprint density at radius 1 is 1.00 bits per heavy atom. The predicted octanol–water partition coefficient (Wildman–Crippen LogP) is 0.963. The molecule has 3 amide bonds. The van der Waals surface area contributed by atoms with Crippen LogP contribution in [0.25, 0.3) is 10.4 Å². The maximum absolute atomic E-state index is 13.8. The molecular weight excluding hydrogens is 652 g/mol. The minimum atomic E-state index is -0.976. The molecule has 270 valence electrons. The van der Waals surface area contributed by atoms with Gasteiger partial charge in [-0.05, 0) is 23.5 Å². The number of carboxylic acids is 1. The maximum Gasteiger partial charge on any atom is 0.329 e. The number of nitrogens with one attached hydrogen (secondary N) is 2. The van der Waals surface area contributed by atoms with E-state index >= 15 is 0 Å². The molecule has 3 atom stereocenters. The molecule has 0 unspecified atom stereocenters. The lowest BCUT2D eigenvalue weighted by Gasteiger charge is -2.35. The molecule has 2 aliphatic heterocycles. The highest BCUT2D eigenvalue weighted by Crippen LogP contribution is 2.28. The monoisotopic (exact) mass is 702 g/mol. The number of aliphatic carboxylic acids is 1. The Balaban J connectivity index is 1.22. The summed E-state index contributed by atoms with van der Waals surface area (Å²) in [5.41, 5.74) is 4.07. The Morgan fingerprint density at radius 2 is 1.61 bits per heavy atom. The fourth-order valence-corrected chi connectivity index (χ4v) is 6.74. The summed E-state index contributed by atoms with van der Waals surface area (Å²) in [4.78, 5) is 61.9. The molecule has 4 N–H and O–H groups in total. The number of carbonyl (C=O) groups excluding carboxylic acids is 3. The molecule has 2 aliphatic rings. The van der Waals surface area contributed by atoms with Crippen LogP contribution in [-0.4, -0.2) is 144 Å². The number of rotatable bonds is 16. The predicted molar refractivity (Wildman–Crippen MR) is 184 cm³/mol. The van der Waals surface area contributed by atoms with Crippen molar-refractivity contribution in [3.63, 3.8) is 0 Å². The zero-order valence-corrected chi connectivity index (χ0v) is 29.7. The second-order valence-corrected chi connectivity index (χ2v) is 14.5. The smallest absolute Gasteiger partial charge is 0.329 e. The first-order valence-electron chi connectivity index (χ1n) is 16.7. The molecule has 1 aromatic carbocycles. The van der Waals surface area contributed by atoms with Gasteiger partial charge in [0.15, 0.2) is 0 Å². The largest absolute Gasteiger partial charge is 0.480 e. The summed E-state index contributed by atoms with van der Waals surface area (Å²) in [7, 11) is 0. The number of aliphatic hydroxyl groups is 1. The van der Waals surface area contributed by atoms with Crippen molar-refractivity contribution in [2.45, 2.75) is 58.8 Å². The number of β-amino-alcohol motifs (C(OH)–C–C–N with tert-alkyl or cyclic N) is 1. The first-order chi connectivity index (χ1) is 23.3. The van der Waals surface area contributed by atoms with Crippen molar-refractivity contribution < 1.29 is 38.9 Å². The maximum atomic E-state index is 13.8. The summed E-state index contributed by atoms with van der Waals surface area (Å²) < 4.78 is 10.8. The first-order valence-corrected chi connectivity index (χ1v) is 17.6. The van der Waals surface area contributed by atoms with Gasteiger partial charge in [-0.1, -0.05) is 45.0 Å². The molecular formula is C34H50N6O8S. The van der Waals surface area contributed by atoms with Crippen molar-refractivity contribution >= 4 is 35.0 Å². The van der Waals surface area contributed by atoms with Gasteiger partial charge in [-0.3, -0.25) is 24.2 Å². The normalized spacial score (nSPS) is 19.5. The Morgan fingerprint density at radius 3 is 2.16 bits per heavy atom. The number of hydrogen-bond donors (Lipinski definition) is 4. The van der Waals surface area contributed by atoms with Crippen molar-refractivity contribution in [1.29, 1.82) is 0 Å². The minimum Gasteiger partial charge on any atom is -0.480 e. The molecule has 15 heteroatoms. The Kier molecular flexibility index (Phi) is 14.1. The molecule has 0 spiro atoms. The molecule has 49 heavy (non-hydrogen) atoms. The third-order valence-electron chi connectivity index (χ3n) is 8.74. The highest BCUT2D eigenvalue weighted by molar-refractivity contribution is 7.13. The average Bonchev–Trinajstić information content (AvgIpc) is 3.68. The minimum absolute atomic E-state index is 0.00138.